The predicted octanol–water partition coefficient (Wildman–Crippen LogP) is 3.92. The van der Waals surface area contributed by atoms with Crippen molar-refractivity contribution in [1.29, 1.82) is 0 Å². The van der Waals surface area contributed by atoms with Crippen molar-refractivity contribution in [2.24, 2.45) is 5.18 Å². The number of carbonyl (C=O) groups is 1. The van der Waals surface area contributed by atoms with E-state index in [1.54, 1.807) is 24.3 Å². The van der Waals surface area contributed by atoms with Crippen molar-refractivity contribution in [3.8, 4) is 0 Å². The average molecular weight is 308 g/mol. The second kappa shape index (κ2) is 5.27. The van der Waals surface area contributed by atoms with Gasteiger partial charge in [-0.3, -0.25) is 0 Å². The molecule has 0 aliphatic rings. The molecule has 92 valence electrons. The highest BCUT2D eigenvalue weighted by molar-refractivity contribution is 9.08. The van der Waals surface area contributed by atoms with E-state index in [1.807, 2.05) is 6.07 Å². The van der Waals surface area contributed by atoms with Crippen LogP contribution < -0.4 is 0 Å². The van der Waals surface area contributed by atoms with Crippen LogP contribution in [0.25, 0.3) is 10.8 Å². The molecule has 2 rings (SSSR count). The van der Waals surface area contributed by atoms with Crippen LogP contribution in [-0.4, -0.2) is 13.1 Å². The molecule has 0 heterocycles. The zero-order chi connectivity index (χ0) is 13.1. The molecule has 0 N–H and O–H groups in total. The fourth-order valence-corrected chi connectivity index (χ4v) is 2.26. The third-order valence-electron chi connectivity index (χ3n) is 2.70. The number of nitroso groups, excluding NO2 is 1. The number of ether oxygens (including phenoxy) is 1. The van der Waals surface area contributed by atoms with Crippen molar-refractivity contribution in [3.05, 3.63) is 46.4 Å². The van der Waals surface area contributed by atoms with Crippen molar-refractivity contribution in [2.45, 2.75) is 5.33 Å². The van der Waals surface area contributed by atoms with E-state index in [4.69, 9.17) is 4.74 Å². The molecule has 5 heteroatoms. The molecule has 0 atom stereocenters. The number of hydrogen-bond donors (Lipinski definition) is 0. The lowest BCUT2D eigenvalue weighted by Crippen LogP contribution is -2.04. The smallest absolute Gasteiger partial charge is 0.338 e. The standard InChI is InChI=1S/C13H10BrNO3/c1-18-13(16)12-6-9-5-11(15-17)3-2-8(9)4-10(12)7-14/h2-6H,7H2,1H3. The maximum Gasteiger partial charge on any atom is 0.338 e. The Bertz CT molecular complexity index is 625. The molecule has 0 saturated heterocycles. The molecular weight excluding hydrogens is 298 g/mol. The van der Waals surface area contributed by atoms with Crippen LogP contribution in [0.2, 0.25) is 0 Å². The van der Waals surface area contributed by atoms with Crippen molar-refractivity contribution >= 4 is 38.4 Å². The normalized spacial score (nSPS) is 10.3. The number of fused-ring (bicyclic) bond motifs is 1. The molecule has 0 bridgehead atoms. The predicted molar refractivity (Wildman–Crippen MR) is 73.4 cm³/mol. The fourth-order valence-electron chi connectivity index (χ4n) is 1.80. The molecule has 0 aromatic heterocycles. The third-order valence-corrected chi connectivity index (χ3v) is 3.30. The van der Waals surface area contributed by atoms with Crippen LogP contribution >= 0.6 is 15.9 Å². The van der Waals surface area contributed by atoms with E-state index in [0.717, 1.165) is 16.3 Å². The van der Waals surface area contributed by atoms with Crippen LogP contribution in [0.4, 0.5) is 5.69 Å². The van der Waals surface area contributed by atoms with Crippen LogP contribution in [0, 0.1) is 4.91 Å². The minimum atomic E-state index is -0.393. The molecule has 0 amide bonds. The van der Waals surface area contributed by atoms with Gasteiger partial charge >= 0.3 is 5.97 Å². The number of nitrogens with zero attached hydrogens (tertiary/aromatic N) is 1. The molecule has 0 aliphatic carbocycles. The molecule has 0 saturated carbocycles. The number of esters is 1. The van der Waals surface area contributed by atoms with Gasteiger partial charge in [-0.2, -0.15) is 0 Å². The van der Waals surface area contributed by atoms with Crippen molar-refractivity contribution in [3.63, 3.8) is 0 Å². The third kappa shape index (κ3) is 2.26. The first-order chi connectivity index (χ1) is 8.69. The molecule has 2 aromatic rings. The first-order valence-corrected chi connectivity index (χ1v) is 6.36. The summed E-state index contributed by atoms with van der Waals surface area (Å²) in [6, 6.07) is 8.70. The summed E-state index contributed by atoms with van der Waals surface area (Å²) in [4.78, 5) is 22.2. The Morgan fingerprint density at radius 2 is 2.06 bits per heavy atom. The molecule has 4 nitrogen and oxygen atoms in total. The summed E-state index contributed by atoms with van der Waals surface area (Å²) < 4.78 is 4.74. The molecule has 18 heavy (non-hydrogen) atoms. The van der Waals surface area contributed by atoms with Crippen LogP contribution in [0.3, 0.4) is 0 Å². The molecule has 0 unspecified atom stereocenters. The van der Waals surface area contributed by atoms with E-state index in [2.05, 4.69) is 21.1 Å². The number of benzene rings is 2. The highest BCUT2D eigenvalue weighted by Gasteiger charge is 2.12. The highest BCUT2D eigenvalue weighted by Crippen LogP contribution is 2.26. The Labute approximate surface area is 112 Å². The molecule has 0 spiro atoms. The lowest BCUT2D eigenvalue weighted by molar-refractivity contribution is 0.0600. The van der Waals surface area contributed by atoms with Crippen LogP contribution in [0.5, 0.6) is 0 Å². The molecule has 0 aliphatic heterocycles. The van der Waals surface area contributed by atoms with E-state index in [0.29, 0.717) is 16.6 Å². The number of rotatable bonds is 3. The zero-order valence-electron chi connectivity index (χ0n) is 9.64. The molecule has 2 aromatic carbocycles. The number of halogens is 1. The maximum absolute atomic E-state index is 11.7. The summed E-state index contributed by atoms with van der Waals surface area (Å²) in [5.74, 6) is -0.393. The van der Waals surface area contributed by atoms with Gasteiger partial charge in [-0.05, 0) is 45.8 Å². The largest absolute Gasteiger partial charge is 0.465 e. The summed E-state index contributed by atoms with van der Waals surface area (Å²) in [6.45, 7) is 0. The minimum Gasteiger partial charge on any atom is -0.465 e. The number of hydrogen-bond acceptors (Lipinski definition) is 4. The van der Waals surface area contributed by atoms with Gasteiger partial charge in [-0.1, -0.05) is 22.0 Å². The van der Waals surface area contributed by atoms with E-state index >= 15 is 0 Å². The highest BCUT2D eigenvalue weighted by atomic mass is 79.9. The van der Waals surface area contributed by atoms with E-state index in [-0.39, 0.29) is 0 Å². The number of carbonyl (C=O) groups excluding carboxylic acids is 1. The second-order valence-corrected chi connectivity index (χ2v) is 4.32. The van der Waals surface area contributed by atoms with E-state index in [1.165, 1.54) is 7.11 Å². The molecule has 0 fully saturated rings. The monoisotopic (exact) mass is 307 g/mol. The summed E-state index contributed by atoms with van der Waals surface area (Å²) >= 11 is 3.34. The average Bonchev–Trinajstić information content (AvgIpc) is 2.44. The second-order valence-electron chi connectivity index (χ2n) is 3.76. The van der Waals surface area contributed by atoms with Gasteiger partial charge in [0.05, 0.1) is 12.7 Å². The van der Waals surface area contributed by atoms with Crippen molar-refractivity contribution < 1.29 is 9.53 Å². The van der Waals surface area contributed by atoms with Gasteiger partial charge in [-0.15, -0.1) is 4.91 Å². The fraction of sp³-hybridized carbons (Fsp3) is 0.154. The Morgan fingerprint density at radius 1 is 1.28 bits per heavy atom. The Morgan fingerprint density at radius 3 is 2.67 bits per heavy atom. The molecular formula is C13H10BrNO3. The molecule has 0 radical (unpaired) electrons. The lowest BCUT2D eigenvalue weighted by atomic mass is 10.0. The topological polar surface area (TPSA) is 55.7 Å². The van der Waals surface area contributed by atoms with Gasteiger partial charge in [0.25, 0.3) is 0 Å². The number of methoxy groups -OCH3 is 1. The van der Waals surface area contributed by atoms with Gasteiger partial charge < -0.3 is 4.74 Å². The summed E-state index contributed by atoms with van der Waals surface area (Å²) in [5.41, 5.74) is 1.68. The quantitative estimate of drug-likeness (QED) is 0.490. The zero-order valence-corrected chi connectivity index (χ0v) is 11.2. The first kappa shape index (κ1) is 12.7. The summed E-state index contributed by atoms with van der Waals surface area (Å²) in [6.07, 6.45) is 0. The van der Waals surface area contributed by atoms with Crippen LogP contribution in [0.1, 0.15) is 15.9 Å². The van der Waals surface area contributed by atoms with Gasteiger partial charge in [0.15, 0.2) is 0 Å². The Hall–Kier alpha value is -1.75. The lowest BCUT2D eigenvalue weighted by Gasteiger charge is -2.08. The van der Waals surface area contributed by atoms with E-state index in [9.17, 15) is 9.70 Å². The summed E-state index contributed by atoms with van der Waals surface area (Å²) in [7, 11) is 1.34. The summed E-state index contributed by atoms with van der Waals surface area (Å²) in [5, 5.41) is 5.18. The Kier molecular flexibility index (Phi) is 3.72. The number of alkyl halides is 1. The van der Waals surface area contributed by atoms with Crippen LogP contribution in [-0.2, 0) is 10.1 Å². The van der Waals surface area contributed by atoms with Gasteiger partial charge in [0.2, 0.25) is 0 Å². The first-order valence-electron chi connectivity index (χ1n) is 5.24. The van der Waals surface area contributed by atoms with Crippen molar-refractivity contribution in [2.75, 3.05) is 7.11 Å². The van der Waals surface area contributed by atoms with Gasteiger partial charge in [-0.25, -0.2) is 4.79 Å². The van der Waals surface area contributed by atoms with Gasteiger partial charge in [0.1, 0.15) is 5.69 Å². The maximum atomic E-state index is 11.7. The van der Waals surface area contributed by atoms with Gasteiger partial charge in [0, 0.05) is 5.33 Å². The van der Waals surface area contributed by atoms with Crippen molar-refractivity contribution in [1.82, 2.24) is 0 Å². The van der Waals surface area contributed by atoms with E-state index < -0.39 is 5.97 Å². The SMILES string of the molecule is COC(=O)c1cc2cc(N=O)ccc2cc1CBr. The minimum absolute atomic E-state index is 0.338. The van der Waals surface area contributed by atoms with Crippen LogP contribution in [0.15, 0.2) is 35.5 Å². The Balaban J connectivity index is 2.69.